The molecule has 0 heterocycles. The zero-order valence-electron chi connectivity index (χ0n) is 11.0. The first kappa shape index (κ1) is 14.4. The van der Waals surface area contributed by atoms with Gasteiger partial charge in [-0.2, -0.15) is 13.2 Å². The molecule has 0 aromatic heterocycles. The highest BCUT2D eigenvalue weighted by atomic mass is 19.4. The number of hydrogen-bond donors (Lipinski definition) is 0. The summed E-state index contributed by atoms with van der Waals surface area (Å²) in [6, 6.07) is 9.12. The Morgan fingerprint density at radius 1 is 0.950 bits per heavy atom. The van der Waals surface area contributed by atoms with Crippen molar-refractivity contribution in [1.82, 2.24) is 0 Å². The zero-order chi connectivity index (χ0) is 14.9. The molecule has 0 saturated carbocycles. The third-order valence-electron chi connectivity index (χ3n) is 2.95. The molecule has 2 aromatic rings. The van der Waals surface area contributed by atoms with Crippen molar-refractivity contribution in [2.75, 3.05) is 19.0 Å². The molecule has 0 aliphatic carbocycles. The minimum absolute atomic E-state index is 0.170. The van der Waals surface area contributed by atoms with Crippen LogP contribution in [0.4, 0.5) is 23.2 Å². The average molecular weight is 283 g/mol. The van der Waals surface area contributed by atoms with Gasteiger partial charge in [-0.25, -0.2) is 4.39 Å². The third-order valence-corrected chi connectivity index (χ3v) is 2.95. The molecule has 0 unspecified atom stereocenters. The molecule has 0 aliphatic rings. The van der Waals surface area contributed by atoms with Gasteiger partial charge >= 0.3 is 6.18 Å². The van der Waals surface area contributed by atoms with E-state index in [1.165, 1.54) is 24.3 Å². The van der Waals surface area contributed by atoms with Gasteiger partial charge in [0, 0.05) is 25.3 Å². The number of nitrogens with zero attached hydrogens (tertiary/aromatic N) is 1. The van der Waals surface area contributed by atoms with Gasteiger partial charge < -0.3 is 4.90 Å². The molecule has 0 N–H and O–H groups in total. The summed E-state index contributed by atoms with van der Waals surface area (Å²) in [4.78, 5) is 1.67. The van der Waals surface area contributed by atoms with Gasteiger partial charge in [-0.1, -0.05) is 18.2 Å². The maximum Gasteiger partial charge on any atom is 0.416 e. The van der Waals surface area contributed by atoms with Gasteiger partial charge in [0.2, 0.25) is 0 Å². The van der Waals surface area contributed by atoms with Gasteiger partial charge in [0.1, 0.15) is 5.82 Å². The molecule has 0 saturated heterocycles. The summed E-state index contributed by atoms with van der Waals surface area (Å²) in [7, 11) is 3.43. The van der Waals surface area contributed by atoms with Crippen LogP contribution in [0.2, 0.25) is 0 Å². The summed E-state index contributed by atoms with van der Waals surface area (Å²) < 4.78 is 52.2. The highest BCUT2D eigenvalue weighted by Crippen LogP contribution is 2.36. The quantitative estimate of drug-likeness (QED) is 0.729. The fraction of sp³-hybridized carbons (Fsp3) is 0.200. The Bertz CT molecular complexity index is 618. The Balaban J connectivity index is 2.63. The second-order valence-corrected chi connectivity index (χ2v) is 4.61. The van der Waals surface area contributed by atoms with Crippen LogP contribution in [0.15, 0.2) is 42.5 Å². The van der Waals surface area contributed by atoms with Crippen molar-refractivity contribution < 1.29 is 17.6 Å². The first-order valence-electron chi connectivity index (χ1n) is 5.94. The molecule has 0 atom stereocenters. The van der Waals surface area contributed by atoms with Crippen LogP contribution in [0.3, 0.4) is 0 Å². The van der Waals surface area contributed by atoms with Gasteiger partial charge in [0.05, 0.1) is 5.56 Å². The molecule has 0 fully saturated rings. The molecule has 1 nitrogen and oxygen atoms in total. The van der Waals surface area contributed by atoms with Crippen LogP contribution in [-0.2, 0) is 6.18 Å². The molecule has 106 valence electrons. The predicted molar refractivity (Wildman–Crippen MR) is 71.2 cm³/mol. The van der Waals surface area contributed by atoms with Gasteiger partial charge in [-0.15, -0.1) is 0 Å². The van der Waals surface area contributed by atoms with E-state index >= 15 is 0 Å². The van der Waals surface area contributed by atoms with Gasteiger partial charge in [0.25, 0.3) is 0 Å². The van der Waals surface area contributed by atoms with Crippen molar-refractivity contribution >= 4 is 5.69 Å². The van der Waals surface area contributed by atoms with Crippen molar-refractivity contribution in [2.24, 2.45) is 0 Å². The monoisotopic (exact) mass is 283 g/mol. The van der Waals surface area contributed by atoms with Crippen LogP contribution in [0, 0.1) is 5.82 Å². The summed E-state index contributed by atoms with van der Waals surface area (Å²) >= 11 is 0. The molecular weight excluding hydrogens is 270 g/mol. The molecule has 5 heteroatoms. The normalized spacial score (nSPS) is 11.5. The highest BCUT2D eigenvalue weighted by Gasteiger charge is 2.30. The minimum atomic E-state index is -4.44. The van der Waals surface area contributed by atoms with E-state index in [2.05, 4.69) is 0 Å². The van der Waals surface area contributed by atoms with Crippen molar-refractivity contribution in [3.05, 3.63) is 53.8 Å². The number of alkyl halides is 3. The van der Waals surface area contributed by atoms with Crippen molar-refractivity contribution in [3.8, 4) is 11.1 Å². The zero-order valence-corrected chi connectivity index (χ0v) is 11.0. The maximum absolute atomic E-state index is 14.0. The average Bonchev–Trinajstić information content (AvgIpc) is 2.37. The fourth-order valence-electron chi connectivity index (χ4n) is 2.02. The second-order valence-electron chi connectivity index (χ2n) is 4.61. The van der Waals surface area contributed by atoms with Gasteiger partial charge in [0.15, 0.2) is 0 Å². The summed E-state index contributed by atoms with van der Waals surface area (Å²) in [5.41, 5.74) is 0.123. The maximum atomic E-state index is 14.0. The van der Waals surface area contributed by atoms with E-state index in [-0.39, 0.29) is 11.1 Å². The van der Waals surface area contributed by atoms with Crippen LogP contribution in [-0.4, -0.2) is 14.1 Å². The van der Waals surface area contributed by atoms with E-state index in [0.29, 0.717) is 5.69 Å². The second kappa shape index (κ2) is 5.15. The smallest absolute Gasteiger partial charge is 0.377 e. The van der Waals surface area contributed by atoms with E-state index in [0.717, 1.165) is 12.1 Å². The summed E-state index contributed by atoms with van der Waals surface area (Å²) in [6.07, 6.45) is -4.44. The molecule has 0 spiro atoms. The third kappa shape index (κ3) is 2.76. The lowest BCUT2D eigenvalue weighted by molar-refractivity contribution is -0.137. The first-order valence-corrected chi connectivity index (χ1v) is 5.94. The molecular formula is C15H13F4N. The number of halogens is 4. The van der Waals surface area contributed by atoms with E-state index < -0.39 is 17.6 Å². The Morgan fingerprint density at radius 3 is 2.20 bits per heavy atom. The molecule has 0 aliphatic heterocycles. The SMILES string of the molecule is CN(C)c1cccc(F)c1-c1cccc(C(F)(F)F)c1. The Hall–Kier alpha value is -2.04. The topological polar surface area (TPSA) is 3.24 Å². The molecule has 0 bridgehead atoms. The summed E-state index contributed by atoms with van der Waals surface area (Å²) in [6.45, 7) is 0. The molecule has 0 radical (unpaired) electrons. The van der Waals surface area contributed by atoms with Crippen LogP contribution in [0.1, 0.15) is 5.56 Å². The molecule has 2 rings (SSSR count). The van der Waals surface area contributed by atoms with Crippen molar-refractivity contribution in [1.29, 1.82) is 0 Å². The number of anilines is 1. The van der Waals surface area contributed by atoms with E-state index in [4.69, 9.17) is 0 Å². The van der Waals surface area contributed by atoms with E-state index in [9.17, 15) is 17.6 Å². The molecule has 0 amide bonds. The first-order chi connectivity index (χ1) is 9.30. The number of hydrogen-bond acceptors (Lipinski definition) is 1. The van der Waals surface area contributed by atoms with E-state index in [1.807, 2.05) is 0 Å². The molecule has 20 heavy (non-hydrogen) atoms. The Kier molecular flexibility index (Phi) is 3.70. The molecule has 2 aromatic carbocycles. The largest absolute Gasteiger partial charge is 0.416 e. The van der Waals surface area contributed by atoms with Crippen molar-refractivity contribution in [2.45, 2.75) is 6.18 Å². The van der Waals surface area contributed by atoms with Crippen LogP contribution >= 0.6 is 0 Å². The lowest BCUT2D eigenvalue weighted by Gasteiger charge is -2.19. The number of rotatable bonds is 2. The highest BCUT2D eigenvalue weighted by molar-refractivity contribution is 5.79. The fourth-order valence-corrected chi connectivity index (χ4v) is 2.02. The minimum Gasteiger partial charge on any atom is -0.377 e. The summed E-state index contributed by atoms with van der Waals surface area (Å²) in [5.74, 6) is -0.546. The lowest BCUT2D eigenvalue weighted by atomic mass is 10.00. The van der Waals surface area contributed by atoms with Crippen LogP contribution in [0.25, 0.3) is 11.1 Å². The van der Waals surface area contributed by atoms with Crippen LogP contribution in [0.5, 0.6) is 0 Å². The van der Waals surface area contributed by atoms with Gasteiger partial charge in [-0.3, -0.25) is 0 Å². The number of benzene rings is 2. The Morgan fingerprint density at radius 2 is 1.60 bits per heavy atom. The summed E-state index contributed by atoms with van der Waals surface area (Å²) in [5, 5.41) is 0. The Labute approximate surface area is 114 Å². The lowest BCUT2D eigenvalue weighted by Crippen LogP contribution is -2.11. The predicted octanol–water partition coefficient (Wildman–Crippen LogP) is 4.58. The standard InChI is InChI=1S/C15H13F4N/c1-20(2)13-8-4-7-12(16)14(13)10-5-3-6-11(9-10)15(17,18)19/h3-9H,1-2H3. The van der Waals surface area contributed by atoms with Gasteiger partial charge in [-0.05, 0) is 29.8 Å². The van der Waals surface area contributed by atoms with E-state index in [1.54, 1.807) is 25.1 Å². The van der Waals surface area contributed by atoms with Crippen molar-refractivity contribution in [3.63, 3.8) is 0 Å². The van der Waals surface area contributed by atoms with Crippen LogP contribution < -0.4 is 4.90 Å².